The summed E-state index contributed by atoms with van der Waals surface area (Å²) in [6, 6.07) is 4.26. The monoisotopic (exact) mass is 378 g/mol. The highest BCUT2D eigenvalue weighted by atomic mass is 16.5. The summed E-state index contributed by atoms with van der Waals surface area (Å²) in [5.41, 5.74) is 3.13. The Morgan fingerprint density at radius 3 is 2.30 bits per heavy atom. The summed E-state index contributed by atoms with van der Waals surface area (Å²) in [5, 5.41) is 18.9. The van der Waals surface area contributed by atoms with Crippen molar-refractivity contribution in [1.29, 1.82) is 0 Å². The number of benzene rings is 1. The summed E-state index contributed by atoms with van der Waals surface area (Å²) < 4.78 is 15.6. The third-order valence-electron chi connectivity index (χ3n) is 3.67. The van der Waals surface area contributed by atoms with Crippen LogP contribution in [0.4, 0.5) is 5.82 Å². The number of rotatable bonds is 8. The van der Waals surface area contributed by atoms with E-state index in [4.69, 9.17) is 19.9 Å². The fraction of sp³-hybridized carbons (Fsp3) is 0.235. The minimum absolute atomic E-state index is 0.124. The van der Waals surface area contributed by atoms with E-state index in [-0.39, 0.29) is 23.5 Å². The van der Waals surface area contributed by atoms with Gasteiger partial charge in [-0.25, -0.2) is 9.59 Å². The van der Waals surface area contributed by atoms with Crippen LogP contribution in [0.5, 0.6) is 11.5 Å². The van der Waals surface area contributed by atoms with E-state index in [1.165, 1.54) is 32.4 Å². The van der Waals surface area contributed by atoms with Crippen molar-refractivity contribution in [2.24, 2.45) is 0 Å². The number of carbonyl (C=O) groups is 2. The van der Waals surface area contributed by atoms with Gasteiger partial charge in [0.05, 0.1) is 13.7 Å². The van der Waals surface area contributed by atoms with E-state index in [0.29, 0.717) is 12.4 Å². The molecule has 0 radical (unpaired) electrons. The Morgan fingerprint density at radius 1 is 1.07 bits per heavy atom. The zero-order valence-corrected chi connectivity index (χ0v) is 14.6. The SMILES string of the molecule is COCCOc1ccc(-c2c(C(=O)O)c(N)[nH]c(=O)c2C(=O)O)cc1OC. The lowest BCUT2D eigenvalue weighted by atomic mass is 9.95. The van der Waals surface area contributed by atoms with Gasteiger partial charge in [0.15, 0.2) is 11.5 Å². The molecule has 0 unspecified atom stereocenters. The van der Waals surface area contributed by atoms with Gasteiger partial charge in [-0.1, -0.05) is 6.07 Å². The molecule has 0 atom stereocenters. The van der Waals surface area contributed by atoms with Gasteiger partial charge in [0.1, 0.15) is 23.6 Å². The van der Waals surface area contributed by atoms with Gasteiger partial charge in [0.2, 0.25) is 0 Å². The third-order valence-corrected chi connectivity index (χ3v) is 3.67. The van der Waals surface area contributed by atoms with Gasteiger partial charge < -0.3 is 35.1 Å². The second-order valence-corrected chi connectivity index (χ2v) is 5.31. The summed E-state index contributed by atoms with van der Waals surface area (Å²) in [7, 11) is 2.88. The van der Waals surface area contributed by atoms with Gasteiger partial charge in [-0.2, -0.15) is 0 Å². The minimum Gasteiger partial charge on any atom is -0.493 e. The van der Waals surface area contributed by atoms with Crippen molar-refractivity contribution in [3.05, 3.63) is 39.7 Å². The second kappa shape index (κ2) is 8.23. The molecular formula is C17H18N2O8. The van der Waals surface area contributed by atoms with Crippen LogP contribution in [0.25, 0.3) is 11.1 Å². The zero-order valence-electron chi connectivity index (χ0n) is 14.6. The van der Waals surface area contributed by atoms with E-state index in [2.05, 4.69) is 0 Å². The normalized spacial score (nSPS) is 10.4. The topological polar surface area (TPSA) is 161 Å². The number of nitrogens with two attached hydrogens (primary N) is 1. The van der Waals surface area contributed by atoms with Crippen LogP contribution in [-0.4, -0.2) is 54.6 Å². The first-order valence-corrected chi connectivity index (χ1v) is 7.64. The molecule has 144 valence electrons. The lowest BCUT2D eigenvalue weighted by Gasteiger charge is -2.15. The molecule has 0 spiro atoms. The smallest absolute Gasteiger partial charge is 0.342 e. The predicted octanol–water partition coefficient (Wildman–Crippen LogP) is 1.05. The number of methoxy groups -OCH3 is 2. The quantitative estimate of drug-likeness (QED) is 0.492. The van der Waals surface area contributed by atoms with E-state index < -0.39 is 34.4 Å². The van der Waals surface area contributed by atoms with E-state index >= 15 is 0 Å². The third kappa shape index (κ3) is 4.01. The second-order valence-electron chi connectivity index (χ2n) is 5.31. The minimum atomic E-state index is -1.59. The number of ether oxygens (including phenoxy) is 3. The molecule has 0 amide bonds. The number of hydrogen-bond donors (Lipinski definition) is 4. The number of aromatic carboxylic acids is 2. The Bertz CT molecular complexity index is 935. The van der Waals surface area contributed by atoms with Gasteiger partial charge in [-0.05, 0) is 17.7 Å². The summed E-state index contributed by atoms with van der Waals surface area (Å²) in [6.07, 6.45) is 0. The highest BCUT2D eigenvalue weighted by Gasteiger charge is 2.27. The van der Waals surface area contributed by atoms with Crippen molar-refractivity contribution in [1.82, 2.24) is 4.98 Å². The first kappa shape index (κ1) is 19.8. The Labute approximate surface area is 153 Å². The summed E-state index contributed by atoms with van der Waals surface area (Å²) in [5.74, 6) is -2.97. The maximum atomic E-state index is 12.1. The number of carboxylic acids is 2. The Kier molecular flexibility index (Phi) is 6.03. The summed E-state index contributed by atoms with van der Waals surface area (Å²) >= 11 is 0. The van der Waals surface area contributed by atoms with Crippen molar-refractivity contribution in [3.8, 4) is 22.6 Å². The van der Waals surface area contributed by atoms with E-state index in [9.17, 15) is 24.6 Å². The average molecular weight is 378 g/mol. The highest BCUT2D eigenvalue weighted by molar-refractivity contribution is 6.07. The van der Waals surface area contributed by atoms with Crippen molar-refractivity contribution in [3.63, 3.8) is 0 Å². The maximum Gasteiger partial charge on any atom is 0.342 e. The number of aromatic amines is 1. The number of hydrogen-bond acceptors (Lipinski definition) is 7. The van der Waals surface area contributed by atoms with Crippen LogP contribution in [0.2, 0.25) is 0 Å². The van der Waals surface area contributed by atoms with E-state index in [1.807, 2.05) is 4.98 Å². The van der Waals surface area contributed by atoms with E-state index in [1.54, 1.807) is 0 Å². The van der Waals surface area contributed by atoms with Gasteiger partial charge in [0.25, 0.3) is 5.56 Å². The number of H-pyrrole nitrogens is 1. The van der Waals surface area contributed by atoms with Crippen LogP contribution in [0.1, 0.15) is 20.7 Å². The lowest BCUT2D eigenvalue weighted by Crippen LogP contribution is -2.24. The molecule has 2 rings (SSSR count). The fourth-order valence-corrected chi connectivity index (χ4v) is 2.51. The van der Waals surface area contributed by atoms with Crippen LogP contribution in [0.15, 0.2) is 23.0 Å². The molecule has 0 saturated heterocycles. The molecular weight excluding hydrogens is 360 g/mol. The number of nitrogens with one attached hydrogen (secondary N) is 1. The molecule has 0 bridgehead atoms. The fourth-order valence-electron chi connectivity index (χ4n) is 2.51. The zero-order chi connectivity index (χ0) is 20.1. The molecule has 1 heterocycles. The average Bonchev–Trinajstić information content (AvgIpc) is 2.60. The van der Waals surface area contributed by atoms with Crippen molar-refractivity contribution < 1.29 is 34.0 Å². The van der Waals surface area contributed by atoms with Crippen molar-refractivity contribution in [2.45, 2.75) is 0 Å². The van der Waals surface area contributed by atoms with Crippen LogP contribution in [0.3, 0.4) is 0 Å². The van der Waals surface area contributed by atoms with Crippen molar-refractivity contribution in [2.75, 3.05) is 33.2 Å². The number of carboxylic acid groups (broad SMARTS) is 2. The first-order valence-electron chi connectivity index (χ1n) is 7.64. The molecule has 10 heteroatoms. The maximum absolute atomic E-state index is 12.1. The highest BCUT2D eigenvalue weighted by Crippen LogP contribution is 2.36. The molecule has 10 nitrogen and oxygen atoms in total. The molecule has 27 heavy (non-hydrogen) atoms. The Balaban J connectivity index is 2.71. The summed E-state index contributed by atoms with van der Waals surface area (Å²) in [4.78, 5) is 37.3. The van der Waals surface area contributed by atoms with Crippen LogP contribution >= 0.6 is 0 Å². The van der Waals surface area contributed by atoms with Crippen LogP contribution < -0.4 is 20.8 Å². The molecule has 5 N–H and O–H groups in total. The molecule has 1 aromatic heterocycles. The largest absolute Gasteiger partial charge is 0.493 e. The number of nitrogen functional groups attached to an aromatic ring is 1. The Morgan fingerprint density at radius 2 is 1.74 bits per heavy atom. The van der Waals surface area contributed by atoms with Crippen LogP contribution in [-0.2, 0) is 4.74 Å². The lowest BCUT2D eigenvalue weighted by molar-refractivity contribution is 0.0695. The van der Waals surface area contributed by atoms with E-state index in [0.717, 1.165) is 0 Å². The number of aromatic nitrogens is 1. The van der Waals surface area contributed by atoms with Gasteiger partial charge >= 0.3 is 11.9 Å². The molecule has 0 fully saturated rings. The molecule has 0 aliphatic heterocycles. The molecule has 0 aliphatic carbocycles. The molecule has 1 aromatic carbocycles. The van der Waals surface area contributed by atoms with Gasteiger partial charge in [-0.3, -0.25) is 4.79 Å². The predicted molar refractivity (Wildman–Crippen MR) is 94.8 cm³/mol. The molecule has 0 aliphatic rings. The van der Waals surface area contributed by atoms with Gasteiger partial charge in [0, 0.05) is 12.7 Å². The summed E-state index contributed by atoms with van der Waals surface area (Å²) in [6.45, 7) is 0.576. The first-order chi connectivity index (χ1) is 12.8. The Hall–Kier alpha value is -3.53. The standard InChI is InChI=1S/C17H18N2O8/c1-25-5-6-27-9-4-3-8(7-10(9)26-2)11-12(16(21)22)14(18)19-15(20)13(11)17(23)24/h3-4,7H,5-6H2,1-2H3,(H,21,22)(H,23,24)(H3,18,19,20). The molecule has 0 saturated carbocycles. The van der Waals surface area contributed by atoms with Gasteiger partial charge in [-0.15, -0.1) is 0 Å². The molecule has 2 aromatic rings. The van der Waals surface area contributed by atoms with Crippen molar-refractivity contribution >= 4 is 17.8 Å². The number of anilines is 1. The number of pyridine rings is 1. The van der Waals surface area contributed by atoms with Crippen LogP contribution in [0, 0.1) is 0 Å².